The molecule has 2 aliphatic carbocycles. The molecule has 5 aliphatic rings. The molecule has 272 valence electrons. The van der Waals surface area contributed by atoms with Gasteiger partial charge in [-0.05, 0) is 76.5 Å². The molecule has 3 aliphatic heterocycles. The first kappa shape index (κ1) is 35.6. The lowest BCUT2D eigenvalue weighted by molar-refractivity contribution is -0.141. The minimum Gasteiger partial charge on any atom is -0.444 e. The van der Waals surface area contributed by atoms with Crippen molar-refractivity contribution < 1.29 is 41.9 Å². The van der Waals surface area contributed by atoms with Crippen LogP contribution in [-0.4, -0.2) is 94.2 Å². The molecule has 15 nitrogen and oxygen atoms in total. The molecule has 50 heavy (non-hydrogen) atoms. The molecule has 0 radical (unpaired) electrons. The van der Waals surface area contributed by atoms with Crippen LogP contribution in [0, 0.1) is 5.92 Å². The molecule has 6 rings (SSSR count). The minimum atomic E-state index is -3.90. The van der Waals surface area contributed by atoms with Crippen LogP contribution >= 0.6 is 0 Å². The molecule has 1 aromatic rings. The number of pyridine rings is 1. The van der Waals surface area contributed by atoms with Gasteiger partial charge in [0.05, 0.1) is 18.3 Å². The van der Waals surface area contributed by atoms with Gasteiger partial charge in [0.25, 0.3) is 5.91 Å². The number of carbonyl (C=O) groups is 5. The van der Waals surface area contributed by atoms with E-state index < -0.39 is 80.4 Å². The first-order chi connectivity index (χ1) is 23.6. The van der Waals surface area contributed by atoms with E-state index in [4.69, 9.17) is 9.47 Å². The van der Waals surface area contributed by atoms with Crippen molar-refractivity contribution in [1.82, 2.24) is 30.1 Å². The third-order valence-corrected chi connectivity index (χ3v) is 11.6. The Labute approximate surface area is 291 Å². The molecule has 16 heteroatoms. The van der Waals surface area contributed by atoms with Gasteiger partial charge in [-0.15, -0.1) is 0 Å². The summed E-state index contributed by atoms with van der Waals surface area (Å²) in [7, 11) is -3.90. The van der Waals surface area contributed by atoms with Crippen LogP contribution < -0.4 is 15.4 Å². The summed E-state index contributed by atoms with van der Waals surface area (Å²) in [5.41, 5.74) is -0.498. The zero-order chi connectivity index (χ0) is 35.8. The van der Waals surface area contributed by atoms with Gasteiger partial charge < -0.3 is 25.0 Å². The van der Waals surface area contributed by atoms with E-state index in [1.54, 1.807) is 33.2 Å². The smallest absolute Gasteiger partial charge is 0.410 e. The van der Waals surface area contributed by atoms with Crippen LogP contribution in [0.2, 0.25) is 0 Å². The first-order valence-electron chi connectivity index (χ1n) is 17.4. The fourth-order valence-corrected chi connectivity index (χ4v) is 8.23. The molecule has 4 heterocycles. The maximum Gasteiger partial charge on any atom is 0.410 e. The van der Waals surface area contributed by atoms with Crippen molar-refractivity contribution in [2.75, 3.05) is 6.54 Å². The number of nitrogens with zero attached hydrogens (tertiary/aromatic N) is 3. The van der Waals surface area contributed by atoms with Crippen molar-refractivity contribution in [3.63, 3.8) is 0 Å². The van der Waals surface area contributed by atoms with Crippen LogP contribution in [0.3, 0.4) is 0 Å². The highest BCUT2D eigenvalue weighted by molar-refractivity contribution is 7.91. The zero-order valence-corrected chi connectivity index (χ0v) is 29.5. The summed E-state index contributed by atoms with van der Waals surface area (Å²) < 4.78 is 39.0. The van der Waals surface area contributed by atoms with Crippen molar-refractivity contribution in [1.29, 1.82) is 0 Å². The van der Waals surface area contributed by atoms with Gasteiger partial charge in [-0.2, -0.15) is 0 Å². The molecule has 3 fully saturated rings. The van der Waals surface area contributed by atoms with Crippen LogP contribution in [0.5, 0.6) is 0 Å². The lowest BCUT2D eigenvalue weighted by Crippen LogP contribution is -2.58. The van der Waals surface area contributed by atoms with Gasteiger partial charge in [0.1, 0.15) is 29.3 Å². The standard InChI is InChI=1S/C34H46N6O9S/c1-33(2,3)49-31(44)36-26-10-8-6-4-5-7-9-23-16-34(23,30(43)38-50(46,47)25-11-12-25)37-28(41)27-15-24(20-40(27)29(26)42)48-32(45)39-18-21-13-14-35-17-22(21)19-39/h7,9,13-14,17,23-27H,4-6,8,10-12,15-16,18-20H2,1-3H3,(H,36,44)(H,37,41)(H,38,43)/b9-7-/t23-,24+,26-,27-,34-/m0/s1. The van der Waals surface area contributed by atoms with Crippen LogP contribution in [-0.2, 0) is 47.0 Å². The number of ether oxygens (including phenoxy) is 2. The molecule has 0 bridgehead atoms. The second-order valence-corrected chi connectivity index (χ2v) is 16.9. The molecule has 5 amide bonds. The maximum atomic E-state index is 14.3. The number of allylic oxidation sites excluding steroid dienone is 1. The van der Waals surface area contributed by atoms with Crippen LogP contribution in [0.15, 0.2) is 30.6 Å². The Morgan fingerprint density at radius 2 is 1.82 bits per heavy atom. The van der Waals surface area contributed by atoms with E-state index in [1.165, 1.54) is 9.80 Å². The number of alkyl carbamates (subject to hydrolysis) is 1. The van der Waals surface area contributed by atoms with Crippen molar-refractivity contribution >= 4 is 39.9 Å². The van der Waals surface area contributed by atoms with E-state index in [-0.39, 0.29) is 25.8 Å². The highest BCUT2D eigenvalue weighted by atomic mass is 32.2. The summed E-state index contributed by atoms with van der Waals surface area (Å²) in [5, 5.41) is 4.86. The number of fused-ring (bicyclic) bond motifs is 3. The second kappa shape index (κ2) is 13.8. The Hall–Kier alpha value is -4.21. The van der Waals surface area contributed by atoms with E-state index in [0.717, 1.165) is 24.0 Å². The zero-order valence-electron chi connectivity index (χ0n) is 28.7. The molecule has 0 aromatic carbocycles. The highest BCUT2D eigenvalue weighted by Gasteiger charge is 2.62. The van der Waals surface area contributed by atoms with Crippen molar-refractivity contribution in [3.8, 4) is 0 Å². The van der Waals surface area contributed by atoms with Crippen molar-refractivity contribution in [2.24, 2.45) is 5.92 Å². The lowest BCUT2D eigenvalue weighted by Gasteiger charge is -2.30. The summed E-state index contributed by atoms with van der Waals surface area (Å²) in [4.78, 5) is 75.1. The fraction of sp³-hybridized carbons (Fsp3) is 0.647. The average molecular weight is 715 g/mol. The van der Waals surface area contributed by atoms with Crippen LogP contribution in [0.1, 0.15) is 89.7 Å². The van der Waals surface area contributed by atoms with E-state index in [0.29, 0.717) is 38.8 Å². The number of carbonyl (C=O) groups excluding carboxylic acids is 5. The molecule has 2 saturated carbocycles. The summed E-state index contributed by atoms with van der Waals surface area (Å²) in [5.74, 6) is -2.50. The second-order valence-electron chi connectivity index (χ2n) is 15.0. The Balaban J connectivity index is 1.25. The molecule has 1 aromatic heterocycles. The van der Waals surface area contributed by atoms with Gasteiger partial charge in [0.15, 0.2) is 0 Å². The molecule has 1 saturated heterocycles. The van der Waals surface area contributed by atoms with Gasteiger partial charge in [-0.25, -0.2) is 18.0 Å². The number of hydrogen-bond acceptors (Lipinski definition) is 10. The van der Waals surface area contributed by atoms with Gasteiger partial charge >= 0.3 is 12.2 Å². The Morgan fingerprint density at radius 3 is 2.54 bits per heavy atom. The number of amides is 5. The Kier molecular flexibility index (Phi) is 9.85. The van der Waals surface area contributed by atoms with Gasteiger partial charge in [-0.1, -0.05) is 25.0 Å². The van der Waals surface area contributed by atoms with E-state index >= 15 is 0 Å². The number of nitrogens with one attached hydrogen (secondary N) is 3. The topological polar surface area (TPSA) is 193 Å². The van der Waals surface area contributed by atoms with Crippen molar-refractivity contribution in [3.05, 3.63) is 41.7 Å². The minimum absolute atomic E-state index is 0.0661. The third-order valence-electron chi connectivity index (χ3n) is 9.79. The summed E-state index contributed by atoms with van der Waals surface area (Å²) >= 11 is 0. The molecule has 0 spiro atoms. The molecule has 3 N–H and O–H groups in total. The van der Waals surface area contributed by atoms with Crippen molar-refractivity contribution in [2.45, 2.75) is 126 Å². The van der Waals surface area contributed by atoms with Crippen LogP contribution in [0.4, 0.5) is 9.59 Å². The van der Waals surface area contributed by atoms with Crippen LogP contribution in [0.25, 0.3) is 0 Å². The number of hydrogen-bond donors (Lipinski definition) is 3. The molecular weight excluding hydrogens is 668 g/mol. The lowest BCUT2D eigenvalue weighted by atomic mass is 10.0. The Morgan fingerprint density at radius 1 is 1.06 bits per heavy atom. The predicted molar refractivity (Wildman–Crippen MR) is 178 cm³/mol. The van der Waals surface area contributed by atoms with E-state index in [2.05, 4.69) is 20.3 Å². The number of sulfonamides is 1. The Bertz CT molecular complexity index is 1650. The normalized spacial score (nSPS) is 29.3. The fourth-order valence-electron chi connectivity index (χ4n) is 6.86. The summed E-state index contributed by atoms with van der Waals surface area (Å²) in [6.45, 7) is 5.63. The largest absolute Gasteiger partial charge is 0.444 e. The van der Waals surface area contributed by atoms with E-state index in [1.807, 2.05) is 18.2 Å². The number of aromatic nitrogens is 1. The quantitative estimate of drug-likeness (QED) is 0.382. The monoisotopic (exact) mass is 714 g/mol. The summed E-state index contributed by atoms with van der Waals surface area (Å²) in [6.07, 6.45) is 8.96. The predicted octanol–water partition coefficient (Wildman–Crippen LogP) is 2.40. The molecule has 0 unspecified atom stereocenters. The summed E-state index contributed by atoms with van der Waals surface area (Å²) in [6, 6.07) is -0.383. The molecule has 5 atom stereocenters. The SMILES string of the molecule is CC(C)(C)OC(=O)N[C@H]1CCCCC/C=C\[C@H]2C[C@]2(C(=O)NS(=O)(=O)C2CC2)NC(=O)[C@@H]2C[C@@H](OC(=O)N3Cc4ccncc4C3)CN2C1=O. The van der Waals surface area contributed by atoms with Gasteiger partial charge in [0, 0.05) is 31.3 Å². The van der Waals surface area contributed by atoms with Gasteiger partial charge in [0.2, 0.25) is 21.8 Å². The maximum absolute atomic E-state index is 14.3. The third kappa shape index (κ3) is 8.05. The van der Waals surface area contributed by atoms with E-state index in [9.17, 15) is 32.4 Å². The van der Waals surface area contributed by atoms with Gasteiger partial charge in [-0.3, -0.25) is 29.0 Å². The number of rotatable bonds is 5. The highest BCUT2D eigenvalue weighted by Crippen LogP contribution is 2.46. The average Bonchev–Trinajstić information content (AvgIpc) is 3.92. The first-order valence-corrected chi connectivity index (χ1v) is 18.9. The molecular formula is C34H46N6O9S.